The third-order valence-corrected chi connectivity index (χ3v) is 3.35. The number of carbonyl (C=O) groups is 2. The lowest BCUT2D eigenvalue weighted by atomic mass is 9.88. The number of rotatable bonds is 5. The Morgan fingerprint density at radius 1 is 1.48 bits per heavy atom. The molecule has 0 bridgehead atoms. The van der Waals surface area contributed by atoms with Gasteiger partial charge in [-0.3, -0.25) is 14.6 Å². The van der Waals surface area contributed by atoms with Crippen molar-refractivity contribution in [3.8, 4) is 5.75 Å². The minimum absolute atomic E-state index is 0.139. The van der Waals surface area contributed by atoms with Gasteiger partial charge in [-0.15, -0.1) is 0 Å². The summed E-state index contributed by atoms with van der Waals surface area (Å²) in [5, 5.41) is 10.3. The Bertz CT molecular complexity index is 785. The molecule has 0 aromatic carbocycles. The quantitative estimate of drug-likeness (QED) is 0.677. The molecule has 0 saturated carbocycles. The molecule has 0 spiro atoms. The fraction of sp³-hybridized carbons (Fsp3) is 0.200. The van der Waals surface area contributed by atoms with Gasteiger partial charge in [-0.25, -0.2) is 4.79 Å². The van der Waals surface area contributed by atoms with Crippen molar-refractivity contribution in [2.45, 2.75) is 12.3 Å². The number of nitrogens with zero attached hydrogens (tertiary/aromatic N) is 1. The van der Waals surface area contributed by atoms with Crippen molar-refractivity contribution >= 4 is 11.9 Å². The number of aromatic amines is 1. The first-order valence-corrected chi connectivity index (χ1v) is 6.66. The summed E-state index contributed by atoms with van der Waals surface area (Å²) in [6.07, 6.45) is 3.81. The molecule has 2 aromatic rings. The van der Waals surface area contributed by atoms with Crippen LogP contribution in [0.25, 0.3) is 0 Å². The Hall–Kier alpha value is -3.16. The van der Waals surface area contributed by atoms with Crippen molar-refractivity contribution < 1.29 is 19.4 Å². The molecule has 0 unspecified atom stereocenters. The van der Waals surface area contributed by atoms with Gasteiger partial charge in [-0.05, 0) is 11.6 Å². The second-order valence-corrected chi connectivity index (χ2v) is 4.79. The van der Waals surface area contributed by atoms with Crippen LogP contribution in [0, 0.1) is 0 Å². The van der Waals surface area contributed by atoms with Crippen LogP contribution in [-0.4, -0.2) is 34.1 Å². The molecule has 2 rings (SSSR count). The summed E-state index contributed by atoms with van der Waals surface area (Å²) >= 11 is 0. The molecule has 23 heavy (non-hydrogen) atoms. The maximum atomic E-state index is 12.2. The zero-order valence-corrected chi connectivity index (χ0v) is 12.3. The normalized spacial score (nSPS) is 11.7. The van der Waals surface area contributed by atoms with E-state index < -0.39 is 29.1 Å². The van der Waals surface area contributed by atoms with Crippen LogP contribution in [0.2, 0.25) is 0 Å². The number of aromatic hydroxyl groups is 1. The monoisotopic (exact) mass is 317 g/mol. The number of methoxy groups -OCH3 is 1. The molecule has 0 fully saturated rings. The highest BCUT2D eigenvalue weighted by Crippen LogP contribution is 2.32. The van der Waals surface area contributed by atoms with Crippen LogP contribution in [0.15, 0.2) is 35.5 Å². The minimum Gasteiger partial charge on any atom is -0.506 e. The van der Waals surface area contributed by atoms with E-state index in [-0.39, 0.29) is 17.5 Å². The fourth-order valence-electron chi connectivity index (χ4n) is 2.30. The third kappa shape index (κ3) is 3.37. The molecule has 0 saturated heterocycles. The molecule has 4 N–H and O–H groups in total. The number of esters is 1. The second kappa shape index (κ2) is 6.73. The second-order valence-electron chi connectivity index (χ2n) is 4.79. The minimum atomic E-state index is -0.838. The number of hydrogen-bond acceptors (Lipinski definition) is 6. The first-order chi connectivity index (χ1) is 11.0. The van der Waals surface area contributed by atoms with Crippen LogP contribution in [-0.2, 0) is 9.53 Å². The number of nitrogens with two attached hydrogens (primary N) is 1. The van der Waals surface area contributed by atoms with Crippen LogP contribution in [0.3, 0.4) is 0 Å². The Morgan fingerprint density at radius 2 is 2.22 bits per heavy atom. The Labute approximate surface area is 130 Å². The molecule has 2 heterocycles. The Balaban J connectivity index is 2.65. The molecule has 8 heteroatoms. The standard InChI is InChI=1S/C15H15N3O5/c1-23-15(22)10-7-18-14(21)12(13(10)20)9(5-11(16)19)8-3-2-4-17-6-8/h2-4,6-7,9H,5H2,1H3,(H2,16,19)(H2,18,20,21)/t9-/m0/s1. The van der Waals surface area contributed by atoms with Gasteiger partial charge in [0.2, 0.25) is 5.91 Å². The lowest BCUT2D eigenvalue weighted by Crippen LogP contribution is -2.23. The molecular formula is C15H15N3O5. The molecule has 1 amide bonds. The van der Waals surface area contributed by atoms with Gasteiger partial charge in [0.25, 0.3) is 5.56 Å². The summed E-state index contributed by atoms with van der Waals surface area (Å²) in [7, 11) is 1.15. The predicted molar refractivity (Wildman–Crippen MR) is 80.0 cm³/mol. The van der Waals surface area contributed by atoms with Crippen molar-refractivity contribution in [1.29, 1.82) is 0 Å². The van der Waals surface area contributed by atoms with Crippen LogP contribution in [0.4, 0.5) is 0 Å². The summed E-state index contributed by atoms with van der Waals surface area (Å²) in [6, 6.07) is 3.27. The molecule has 0 radical (unpaired) electrons. The van der Waals surface area contributed by atoms with E-state index in [9.17, 15) is 19.5 Å². The molecular weight excluding hydrogens is 302 g/mol. The highest BCUT2D eigenvalue weighted by atomic mass is 16.5. The van der Waals surface area contributed by atoms with Gasteiger partial charge in [0.05, 0.1) is 12.7 Å². The number of ether oxygens (including phenoxy) is 1. The molecule has 0 aliphatic rings. The maximum Gasteiger partial charge on any atom is 0.343 e. The number of pyridine rings is 2. The SMILES string of the molecule is COC(=O)c1c[nH]c(=O)c([C@@H](CC(N)=O)c2cccnc2)c1O. The highest BCUT2D eigenvalue weighted by molar-refractivity contribution is 5.92. The summed E-state index contributed by atoms with van der Waals surface area (Å²) in [6.45, 7) is 0. The first kappa shape index (κ1) is 16.2. The van der Waals surface area contributed by atoms with E-state index in [2.05, 4.69) is 14.7 Å². The van der Waals surface area contributed by atoms with Gasteiger partial charge in [-0.1, -0.05) is 6.07 Å². The Morgan fingerprint density at radius 3 is 2.78 bits per heavy atom. The van der Waals surface area contributed by atoms with Crippen molar-refractivity contribution in [1.82, 2.24) is 9.97 Å². The van der Waals surface area contributed by atoms with E-state index >= 15 is 0 Å². The topological polar surface area (TPSA) is 135 Å². The molecule has 120 valence electrons. The van der Waals surface area contributed by atoms with E-state index in [4.69, 9.17) is 5.73 Å². The Kier molecular flexibility index (Phi) is 4.75. The molecule has 0 aliphatic carbocycles. The van der Waals surface area contributed by atoms with Gasteiger partial charge in [0.15, 0.2) is 0 Å². The summed E-state index contributed by atoms with van der Waals surface area (Å²) in [4.78, 5) is 41.5. The first-order valence-electron chi connectivity index (χ1n) is 6.66. The summed E-state index contributed by atoms with van der Waals surface area (Å²) < 4.78 is 4.55. The van der Waals surface area contributed by atoms with Gasteiger partial charge >= 0.3 is 5.97 Å². The largest absolute Gasteiger partial charge is 0.506 e. The zero-order valence-electron chi connectivity index (χ0n) is 12.3. The van der Waals surface area contributed by atoms with Crippen molar-refractivity contribution in [2.75, 3.05) is 7.11 Å². The smallest absolute Gasteiger partial charge is 0.343 e. The van der Waals surface area contributed by atoms with E-state index in [0.29, 0.717) is 5.56 Å². The number of hydrogen-bond donors (Lipinski definition) is 3. The van der Waals surface area contributed by atoms with Crippen molar-refractivity contribution in [3.63, 3.8) is 0 Å². The molecule has 0 aliphatic heterocycles. The number of aromatic nitrogens is 2. The van der Waals surface area contributed by atoms with E-state index in [0.717, 1.165) is 13.3 Å². The average Bonchev–Trinajstić information content (AvgIpc) is 2.54. The lowest BCUT2D eigenvalue weighted by molar-refractivity contribution is -0.118. The molecule has 2 aromatic heterocycles. The van der Waals surface area contributed by atoms with Crippen LogP contribution >= 0.6 is 0 Å². The number of carbonyl (C=O) groups excluding carboxylic acids is 2. The van der Waals surface area contributed by atoms with Crippen molar-refractivity contribution in [3.05, 3.63) is 57.8 Å². The lowest BCUT2D eigenvalue weighted by Gasteiger charge is -2.17. The number of H-pyrrole nitrogens is 1. The van der Waals surface area contributed by atoms with Gasteiger partial charge in [0.1, 0.15) is 11.3 Å². The summed E-state index contributed by atoms with van der Waals surface area (Å²) in [5.74, 6) is -2.87. The number of primary amides is 1. The number of amides is 1. The average molecular weight is 317 g/mol. The van der Waals surface area contributed by atoms with Crippen molar-refractivity contribution in [2.24, 2.45) is 5.73 Å². The third-order valence-electron chi connectivity index (χ3n) is 3.35. The van der Waals surface area contributed by atoms with E-state index in [1.807, 2.05) is 0 Å². The molecule has 8 nitrogen and oxygen atoms in total. The fourth-order valence-corrected chi connectivity index (χ4v) is 2.30. The van der Waals surface area contributed by atoms with Crippen LogP contribution < -0.4 is 11.3 Å². The number of nitrogens with one attached hydrogen (secondary N) is 1. The van der Waals surface area contributed by atoms with Gasteiger partial charge in [-0.2, -0.15) is 0 Å². The maximum absolute atomic E-state index is 12.2. The van der Waals surface area contributed by atoms with Gasteiger partial charge in [0, 0.05) is 30.9 Å². The highest BCUT2D eigenvalue weighted by Gasteiger charge is 2.27. The predicted octanol–water partition coefficient (Wildman–Crippen LogP) is 0.269. The zero-order chi connectivity index (χ0) is 17.0. The van der Waals surface area contributed by atoms with E-state index in [1.165, 1.54) is 12.4 Å². The summed E-state index contributed by atoms with van der Waals surface area (Å²) in [5.41, 5.74) is 4.77. The van der Waals surface area contributed by atoms with Crippen LogP contribution in [0.5, 0.6) is 5.75 Å². The van der Waals surface area contributed by atoms with Crippen LogP contribution in [0.1, 0.15) is 33.8 Å². The molecule has 1 atom stereocenters. The van der Waals surface area contributed by atoms with E-state index in [1.54, 1.807) is 12.1 Å². The van der Waals surface area contributed by atoms with Gasteiger partial charge < -0.3 is 20.6 Å².